The lowest BCUT2D eigenvalue weighted by Crippen LogP contribution is -2.27. The van der Waals surface area contributed by atoms with E-state index in [1.54, 1.807) is 30.5 Å². The normalized spacial score (nSPS) is 12.8. The highest BCUT2D eigenvalue weighted by atomic mass is 127. The summed E-state index contributed by atoms with van der Waals surface area (Å²) in [5.41, 5.74) is 2.89. The van der Waals surface area contributed by atoms with Gasteiger partial charge < -0.3 is 24.9 Å². The number of halogens is 2. The molecule has 5 rings (SSSR count). The molecule has 2 atom stereocenters. The Labute approximate surface area is 243 Å². The summed E-state index contributed by atoms with van der Waals surface area (Å²) in [6.07, 6.45) is 1.69. The zero-order chi connectivity index (χ0) is 27.5. The molecule has 0 aliphatic heterocycles. The predicted octanol–water partition coefficient (Wildman–Crippen LogP) is 5.96. The van der Waals surface area contributed by atoms with Crippen LogP contribution in [-0.4, -0.2) is 42.9 Å². The Balaban J connectivity index is 1.59. The summed E-state index contributed by atoms with van der Waals surface area (Å²) in [6.45, 7) is 2.07. The highest BCUT2D eigenvalue weighted by molar-refractivity contribution is 14.1. The van der Waals surface area contributed by atoms with Crippen molar-refractivity contribution in [2.24, 2.45) is 0 Å². The molecule has 0 aliphatic carbocycles. The zero-order valence-electron chi connectivity index (χ0n) is 20.9. The van der Waals surface area contributed by atoms with Gasteiger partial charge in [0.15, 0.2) is 0 Å². The molecule has 0 amide bonds. The lowest BCUT2D eigenvalue weighted by atomic mass is 9.92. The number of hydrogen-bond donors (Lipinski definition) is 4. The third-order valence-electron chi connectivity index (χ3n) is 6.58. The number of hydrogen-bond acceptors (Lipinski definition) is 5. The minimum atomic E-state index is -0.659. The Kier molecular flexibility index (Phi) is 8.10. The maximum atomic E-state index is 13.4. The third-order valence-corrected chi connectivity index (χ3v) is 7.56. The highest BCUT2D eigenvalue weighted by Crippen LogP contribution is 2.38. The van der Waals surface area contributed by atoms with Crippen LogP contribution in [0.25, 0.3) is 22.5 Å². The maximum absolute atomic E-state index is 13.4. The number of benzene rings is 3. The average Bonchev–Trinajstić information content (AvgIpc) is 3.53. The van der Waals surface area contributed by atoms with Crippen molar-refractivity contribution in [3.05, 3.63) is 109 Å². The Hall–Kier alpha value is -3.54. The third kappa shape index (κ3) is 5.61. The van der Waals surface area contributed by atoms with Gasteiger partial charge in [0.05, 0.1) is 23.5 Å². The second-order valence-corrected chi connectivity index (χ2v) is 10.7. The number of aromatic hydroxyl groups is 1. The number of nitrogens with one attached hydrogen (secondary N) is 2. The maximum Gasteiger partial charge on any atom is 0.329 e. The van der Waals surface area contributed by atoms with E-state index in [4.69, 9.17) is 21.4 Å². The Morgan fingerprint density at radius 2 is 1.82 bits per heavy atom. The number of aromatic amines is 2. The van der Waals surface area contributed by atoms with Crippen molar-refractivity contribution in [1.82, 2.24) is 19.5 Å². The summed E-state index contributed by atoms with van der Waals surface area (Å²) in [6, 6.07) is 21.8. The summed E-state index contributed by atoms with van der Waals surface area (Å²) in [5, 5.41) is 21.0. The van der Waals surface area contributed by atoms with Gasteiger partial charge in [0.1, 0.15) is 29.9 Å². The van der Waals surface area contributed by atoms with E-state index >= 15 is 0 Å². The molecule has 8 nitrogen and oxygen atoms in total. The molecule has 0 bridgehead atoms. The van der Waals surface area contributed by atoms with E-state index in [2.05, 4.69) is 37.5 Å². The van der Waals surface area contributed by atoms with Crippen LogP contribution in [0.5, 0.6) is 11.6 Å². The predicted molar refractivity (Wildman–Crippen MR) is 159 cm³/mol. The molecule has 0 saturated heterocycles. The first-order valence-corrected chi connectivity index (χ1v) is 13.8. The molecule has 0 aliphatic rings. The number of aliphatic hydroxyl groups is 1. The first-order valence-electron chi connectivity index (χ1n) is 12.3. The monoisotopic (exact) mass is 656 g/mol. The van der Waals surface area contributed by atoms with E-state index in [0.29, 0.717) is 27.9 Å². The molecule has 0 fully saturated rings. The summed E-state index contributed by atoms with van der Waals surface area (Å²) >= 11 is 8.72. The van der Waals surface area contributed by atoms with Crippen molar-refractivity contribution in [3.8, 4) is 34.1 Å². The van der Waals surface area contributed by atoms with Gasteiger partial charge in [-0.15, -0.1) is 0 Å². The molecule has 0 saturated carbocycles. The quantitative estimate of drug-likeness (QED) is 0.146. The van der Waals surface area contributed by atoms with E-state index in [9.17, 15) is 9.90 Å². The SMILES string of the molecule is C[C@@H](c1ccccc1)[C@@H](c1ncc(-c2ccc(I)cc2Cl)[nH]1)n1c(O)c(-c2ccc(OCCO)cc2)[nH]c1=O. The summed E-state index contributed by atoms with van der Waals surface area (Å²) < 4.78 is 7.77. The minimum absolute atomic E-state index is 0.0933. The summed E-state index contributed by atoms with van der Waals surface area (Å²) in [7, 11) is 0. The van der Waals surface area contributed by atoms with Gasteiger partial charge in [-0.25, -0.2) is 9.78 Å². The van der Waals surface area contributed by atoms with Crippen LogP contribution in [0.3, 0.4) is 0 Å². The van der Waals surface area contributed by atoms with Gasteiger partial charge in [-0.05, 0) is 64.6 Å². The van der Waals surface area contributed by atoms with Crippen LogP contribution in [0, 0.1) is 3.57 Å². The van der Waals surface area contributed by atoms with E-state index < -0.39 is 11.7 Å². The molecule has 39 heavy (non-hydrogen) atoms. The van der Waals surface area contributed by atoms with E-state index in [-0.39, 0.29) is 30.7 Å². The molecule has 0 radical (unpaired) electrons. The van der Waals surface area contributed by atoms with Gasteiger partial charge in [0.2, 0.25) is 5.88 Å². The lowest BCUT2D eigenvalue weighted by molar-refractivity contribution is 0.201. The Morgan fingerprint density at radius 3 is 2.51 bits per heavy atom. The Morgan fingerprint density at radius 1 is 1.08 bits per heavy atom. The van der Waals surface area contributed by atoms with Gasteiger partial charge in [0, 0.05) is 20.6 Å². The fraction of sp³-hybridized carbons (Fsp3) is 0.172. The largest absolute Gasteiger partial charge is 0.493 e. The van der Waals surface area contributed by atoms with Crippen LogP contribution in [-0.2, 0) is 0 Å². The molecule has 3 aromatic carbocycles. The first-order chi connectivity index (χ1) is 18.9. The van der Waals surface area contributed by atoms with Gasteiger partial charge >= 0.3 is 5.69 Å². The van der Waals surface area contributed by atoms with Crippen molar-refractivity contribution in [1.29, 1.82) is 0 Å². The van der Waals surface area contributed by atoms with Crippen LogP contribution in [0.2, 0.25) is 5.02 Å². The van der Waals surface area contributed by atoms with E-state index in [1.807, 2.05) is 55.5 Å². The molecular weight excluding hydrogens is 631 g/mol. The van der Waals surface area contributed by atoms with Crippen molar-refractivity contribution in [2.75, 3.05) is 13.2 Å². The van der Waals surface area contributed by atoms with Crippen LogP contribution in [0.4, 0.5) is 0 Å². The van der Waals surface area contributed by atoms with Crippen LogP contribution in [0.1, 0.15) is 30.3 Å². The minimum Gasteiger partial charge on any atom is -0.493 e. The fourth-order valence-corrected chi connectivity index (χ4v) is 5.59. The molecule has 2 aromatic heterocycles. The second-order valence-electron chi connectivity index (χ2n) is 9.05. The van der Waals surface area contributed by atoms with Crippen molar-refractivity contribution in [3.63, 3.8) is 0 Å². The fourth-order valence-electron chi connectivity index (χ4n) is 4.63. The zero-order valence-corrected chi connectivity index (χ0v) is 23.8. The number of aromatic nitrogens is 4. The van der Waals surface area contributed by atoms with Crippen LogP contribution in [0.15, 0.2) is 83.8 Å². The number of nitrogens with zero attached hydrogens (tertiary/aromatic N) is 2. The summed E-state index contributed by atoms with van der Waals surface area (Å²) in [4.78, 5) is 24.2. The first kappa shape index (κ1) is 27.0. The number of ether oxygens (including phenoxy) is 1. The number of H-pyrrole nitrogens is 2. The van der Waals surface area contributed by atoms with E-state index in [1.165, 1.54) is 4.57 Å². The van der Waals surface area contributed by atoms with Crippen LogP contribution < -0.4 is 10.4 Å². The molecule has 4 N–H and O–H groups in total. The second kappa shape index (κ2) is 11.7. The number of aliphatic hydroxyl groups excluding tert-OH is 1. The standard InChI is InChI=1S/C29H26ClIN4O4/c1-17(18-5-3-2-4-6-18)26(27-32-16-24(33-27)22-12-9-20(31)15-23(22)30)35-28(37)25(34-29(35)38)19-7-10-21(11-8-19)39-14-13-36/h2-12,15-17,26,36-37H,13-14H2,1H3,(H,32,33)(H,34,38)/t17-,26-/m0/s1. The van der Waals surface area contributed by atoms with Crippen LogP contribution >= 0.6 is 34.2 Å². The smallest absolute Gasteiger partial charge is 0.329 e. The van der Waals surface area contributed by atoms with Crippen molar-refractivity contribution in [2.45, 2.75) is 18.9 Å². The average molecular weight is 657 g/mol. The molecule has 0 unspecified atom stereocenters. The number of rotatable bonds is 9. The summed E-state index contributed by atoms with van der Waals surface area (Å²) in [5.74, 6) is 0.634. The number of imidazole rings is 2. The van der Waals surface area contributed by atoms with Crippen molar-refractivity contribution >= 4 is 34.2 Å². The molecule has 0 spiro atoms. The van der Waals surface area contributed by atoms with Gasteiger partial charge in [-0.3, -0.25) is 4.57 Å². The van der Waals surface area contributed by atoms with Gasteiger partial charge in [-0.2, -0.15) is 0 Å². The highest BCUT2D eigenvalue weighted by Gasteiger charge is 2.31. The van der Waals surface area contributed by atoms with E-state index in [0.717, 1.165) is 14.7 Å². The Bertz CT molecular complexity index is 1630. The van der Waals surface area contributed by atoms with Gasteiger partial charge in [0.25, 0.3) is 0 Å². The molecule has 200 valence electrons. The van der Waals surface area contributed by atoms with Crippen molar-refractivity contribution < 1.29 is 14.9 Å². The molecule has 10 heteroatoms. The molecular formula is C29H26ClIN4O4. The molecule has 5 aromatic rings. The molecule has 2 heterocycles. The lowest BCUT2D eigenvalue weighted by Gasteiger charge is -2.24. The topological polar surface area (TPSA) is 116 Å². The van der Waals surface area contributed by atoms with Gasteiger partial charge in [-0.1, -0.05) is 54.9 Å².